The van der Waals surface area contributed by atoms with Crippen LogP contribution in [0, 0.1) is 0 Å². The normalized spacial score (nSPS) is 16.9. The van der Waals surface area contributed by atoms with E-state index < -0.39 is 0 Å². The van der Waals surface area contributed by atoms with Crippen LogP contribution in [-0.4, -0.2) is 40.8 Å². The molecule has 1 N–H and O–H groups in total. The molecule has 1 aliphatic rings. The molecule has 2 amide bonds. The number of carbonyl (C=O) groups is 2. The van der Waals surface area contributed by atoms with Crippen LogP contribution in [0.3, 0.4) is 0 Å². The van der Waals surface area contributed by atoms with E-state index >= 15 is 0 Å². The van der Waals surface area contributed by atoms with E-state index in [2.05, 4.69) is 10.3 Å². The lowest BCUT2D eigenvalue weighted by Gasteiger charge is -2.17. The van der Waals surface area contributed by atoms with E-state index in [4.69, 9.17) is 11.6 Å². The highest BCUT2D eigenvalue weighted by atomic mass is 35.5. The Labute approximate surface area is 152 Å². The third-order valence-corrected chi connectivity index (χ3v) is 4.46. The van der Waals surface area contributed by atoms with Gasteiger partial charge in [-0.25, -0.2) is 0 Å². The third-order valence-electron chi connectivity index (χ3n) is 4.23. The number of hydrogen-bond acceptors (Lipinski definition) is 3. The first-order valence-electron chi connectivity index (χ1n) is 8.30. The maximum absolute atomic E-state index is 12.2. The molecule has 1 unspecified atom stereocenters. The van der Waals surface area contributed by atoms with Crippen LogP contribution in [0.25, 0.3) is 0 Å². The van der Waals surface area contributed by atoms with E-state index in [1.54, 1.807) is 23.4 Å². The van der Waals surface area contributed by atoms with Gasteiger partial charge >= 0.3 is 0 Å². The summed E-state index contributed by atoms with van der Waals surface area (Å²) in [5.41, 5.74) is 1.96. The van der Waals surface area contributed by atoms with Gasteiger partial charge in [-0.2, -0.15) is 0 Å². The molecule has 0 spiro atoms. The number of likely N-dealkylation sites (tertiary alicyclic amines) is 1. The van der Waals surface area contributed by atoms with Crippen molar-refractivity contribution in [2.45, 2.75) is 25.3 Å². The Balaban J connectivity index is 1.47. The predicted molar refractivity (Wildman–Crippen MR) is 96.2 cm³/mol. The van der Waals surface area contributed by atoms with Gasteiger partial charge in [-0.15, -0.1) is 0 Å². The van der Waals surface area contributed by atoms with Gasteiger partial charge in [0.25, 0.3) is 0 Å². The summed E-state index contributed by atoms with van der Waals surface area (Å²) in [5.74, 6) is -0.00352. The van der Waals surface area contributed by atoms with Crippen molar-refractivity contribution in [2.24, 2.45) is 0 Å². The number of amides is 2. The standard InChI is InChI=1S/C19H20ClN3O2/c20-16-5-1-3-14(9-16)6-8-23-13-17(11-19(23)25)22-18(24)10-15-4-2-7-21-12-15/h1-5,7,9,12,17H,6,8,10-11,13H2,(H,22,24). The average Bonchev–Trinajstić information content (AvgIpc) is 2.93. The number of nitrogens with one attached hydrogen (secondary N) is 1. The summed E-state index contributed by atoms with van der Waals surface area (Å²) in [5, 5.41) is 3.64. The van der Waals surface area contributed by atoms with Crippen LogP contribution in [0.2, 0.25) is 5.02 Å². The number of carbonyl (C=O) groups excluding carboxylic acids is 2. The molecule has 2 aromatic rings. The largest absolute Gasteiger partial charge is 0.351 e. The van der Waals surface area contributed by atoms with Crippen molar-refractivity contribution in [3.05, 3.63) is 64.9 Å². The predicted octanol–water partition coefficient (Wildman–Crippen LogP) is 2.24. The van der Waals surface area contributed by atoms with Crippen molar-refractivity contribution in [3.8, 4) is 0 Å². The Morgan fingerprint density at radius 1 is 1.28 bits per heavy atom. The Kier molecular flexibility index (Phi) is 5.66. The number of aromatic nitrogens is 1. The van der Waals surface area contributed by atoms with E-state index in [-0.39, 0.29) is 24.3 Å². The van der Waals surface area contributed by atoms with Crippen LogP contribution in [0.15, 0.2) is 48.8 Å². The minimum atomic E-state index is -0.129. The zero-order valence-corrected chi connectivity index (χ0v) is 14.6. The number of benzene rings is 1. The molecule has 1 aromatic heterocycles. The van der Waals surface area contributed by atoms with Crippen molar-refractivity contribution >= 4 is 23.4 Å². The molecular weight excluding hydrogens is 338 g/mol. The van der Waals surface area contributed by atoms with Crippen LogP contribution in [0.5, 0.6) is 0 Å². The molecule has 0 bridgehead atoms. The van der Waals surface area contributed by atoms with Gasteiger partial charge in [0.05, 0.1) is 12.5 Å². The summed E-state index contributed by atoms with van der Waals surface area (Å²) in [7, 11) is 0. The molecule has 5 nitrogen and oxygen atoms in total. The summed E-state index contributed by atoms with van der Waals surface area (Å²) in [6, 6.07) is 11.2. The van der Waals surface area contributed by atoms with Crippen LogP contribution >= 0.6 is 11.6 Å². The van der Waals surface area contributed by atoms with Gasteiger partial charge in [-0.05, 0) is 35.7 Å². The van der Waals surface area contributed by atoms with Crippen LogP contribution in [0.1, 0.15) is 17.5 Å². The van der Waals surface area contributed by atoms with Crippen molar-refractivity contribution < 1.29 is 9.59 Å². The lowest BCUT2D eigenvalue weighted by atomic mass is 10.1. The monoisotopic (exact) mass is 357 g/mol. The highest BCUT2D eigenvalue weighted by molar-refractivity contribution is 6.30. The molecule has 1 aromatic carbocycles. The van der Waals surface area contributed by atoms with Gasteiger partial charge in [0.2, 0.25) is 11.8 Å². The number of halogens is 1. The lowest BCUT2D eigenvalue weighted by molar-refractivity contribution is -0.127. The fourth-order valence-corrected chi connectivity index (χ4v) is 3.22. The highest BCUT2D eigenvalue weighted by Gasteiger charge is 2.30. The molecule has 1 aliphatic heterocycles. The second-order valence-corrected chi connectivity index (χ2v) is 6.66. The molecule has 1 atom stereocenters. The Bertz CT molecular complexity index is 751. The number of hydrogen-bond donors (Lipinski definition) is 1. The molecular formula is C19H20ClN3O2. The van der Waals surface area contributed by atoms with Crippen LogP contribution in [-0.2, 0) is 22.4 Å². The number of pyridine rings is 1. The summed E-state index contributed by atoms with van der Waals surface area (Å²) in [6.45, 7) is 1.19. The maximum atomic E-state index is 12.2. The summed E-state index contributed by atoms with van der Waals surface area (Å²) in [4.78, 5) is 30.1. The molecule has 0 radical (unpaired) electrons. The Morgan fingerprint density at radius 2 is 2.12 bits per heavy atom. The van der Waals surface area contributed by atoms with Gasteiger partial charge in [0.1, 0.15) is 0 Å². The second kappa shape index (κ2) is 8.12. The zero-order chi connectivity index (χ0) is 17.6. The Morgan fingerprint density at radius 3 is 2.88 bits per heavy atom. The summed E-state index contributed by atoms with van der Waals surface area (Å²) >= 11 is 5.98. The first-order valence-corrected chi connectivity index (χ1v) is 8.68. The van der Waals surface area contributed by atoms with Crippen molar-refractivity contribution in [3.63, 3.8) is 0 Å². The lowest BCUT2D eigenvalue weighted by Crippen LogP contribution is -2.38. The van der Waals surface area contributed by atoms with Gasteiger partial charge in [0.15, 0.2) is 0 Å². The highest BCUT2D eigenvalue weighted by Crippen LogP contribution is 2.15. The zero-order valence-electron chi connectivity index (χ0n) is 13.8. The van der Waals surface area contributed by atoms with E-state index in [9.17, 15) is 9.59 Å². The average molecular weight is 358 g/mol. The first kappa shape index (κ1) is 17.4. The van der Waals surface area contributed by atoms with E-state index in [1.807, 2.05) is 30.3 Å². The van der Waals surface area contributed by atoms with Crippen LogP contribution < -0.4 is 5.32 Å². The van der Waals surface area contributed by atoms with Crippen molar-refractivity contribution in [1.82, 2.24) is 15.2 Å². The SMILES string of the molecule is O=C(Cc1cccnc1)NC1CC(=O)N(CCc2cccc(Cl)c2)C1. The number of rotatable bonds is 6. The Hall–Kier alpha value is -2.40. The van der Waals surface area contributed by atoms with E-state index in [0.717, 1.165) is 17.5 Å². The molecule has 2 heterocycles. The second-order valence-electron chi connectivity index (χ2n) is 6.23. The molecule has 0 aliphatic carbocycles. The fraction of sp³-hybridized carbons (Fsp3) is 0.316. The molecule has 0 saturated carbocycles. The molecule has 6 heteroatoms. The molecule has 1 saturated heterocycles. The topological polar surface area (TPSA) is 62.3 Å². The van der Waals surface area contributed by atoms with Crippen molar-refractivity contribution in [1.29, 1.82) is 0 Å². The smallest absolute Gasteiger partial charge is 0.224 e. The van der Waals surface area contributed by atoms with Crippen molar-refractivity contribution in [2.75, 3.05) is 13.1 Å². The minimum Gasteiger partial charge on any atom is -0.351 e. The van der Waals surface area contributed by atoms with Crippen LogP contribution in [0.4, 0.5) is 0 Å². The number of nitrogens with zero attached hydrogens (tertiary/aromatic N) is 2. The molecule has 1 fully saturated rings. The minimum absolute atomic E-state index is 0.0775. The third kappa shape index (κ3) is 5.03. The summed E-state index contributed by atoms with van der Waals surface area (Å²) < 4.78 is 0. The first-order chi connectivity index (χ1) is 12.1. The molecule has 130 valence electrons. The van der Waals surface area contributed by atoms with Gasteiger partial charge in [-0.1, -0.05) is 29.8 Å². The van der Waals surface area contributed by atoms with Gasteiger partial charge < -0.3 is 10.2 Å². The fourth-order valence-electron chi connectivity index (χ4n) is 3.01. The summed E-state index contributed by atoms with van der Waals surface area (Å²) in [6.07, 6.45) is 4.74. The van der Waals surface area contributed by atoms with E-state index in [0.29, 0.717) is 24.5 Å². The maximum Gasteiger partial charge on any atom is 0.224 e. The van der Waals surface area contributed by atoms with E-state index in [1.165, 1.54) is 0 Å². The quantitative estimate of drug-likeness (QED) is 0.862. The van der Waals surface area contributed by atoms with Gasteiger partial charge in [-0.3, -0.25) is 14.6 Å². The van der Waals surface area contributed by atoms with Gasteiger partial charge in [0, 0.05) is 36.9 Å². The molecule has 3 rings (SSSR count). The molecule has 25 heavy (non-hydrogen) atoms.